The number of amides is 1. The number of nitrogens with one attached hydrogen (secondary N) is 1. The Bertz CT molecular complexity index is 456. The van der Waals surface area contributed by atoms with E-state index in [4.69, 9.17) is 16.7 Å². The summed E-state index contributed by atoms with van der Waals surface area (Å²) in [5, 5.41) is 11.1. The summed E-state index contributed by atoms with van der Waals surface area (Å²) in [6, 6.07) is 3.80. The van der Waals surface area contributed by atoms with Crippen LogP contribution in [-0.2, 0) is 4.79 Å². The Morgan fingerprint density at radius 2 is 2.17 bits per heavy atom. The molecule has 0 aromatic heterocycles. The first kappa shape index (κ1) is 14.8. The fourth-order valence-corrected chi connectivity index (χ4v) is 1.89. The number of carbonyl (C=O) groups is 2. The topological polar surface area (TPSA) is 66.4 Å². The van der Waals surface area contributed by atoms with E-state index < -0.39 is 17.7 Å². The summed E-state index contributed by atoms with van der Waals surface area (Å²) < 4.78 is 13.4. The molecular formula is C11H11ClFNO3S. The highest BCUT2D eigenvalue weighted by molar-refractivity contribution is 7.99. The first-order valence-electron chi connectivity index (χ1n) is 5.03. The lowest BCUT2D eigenvalue weighted by molar-refractivity contribution is -0.133. The molecule has 1 rings (SSSR count). The van der Waals surface area contributed by atoms with E-state index in [1.165, 1.54) is 23.9 Å². The van der Waals surface area contributed by atoms with Crippen molar-refractivity contribution in [3.8, 4) is 0 Å². The van der Waals surface area contributed by atoms with Crippen molar-refractivity contribution in [2.45, 2.75) is 0 Å². The third kappa shape index (κ3) is 4.93. The molecule has 1 aromatic carbocycles. The smallest absolute Gasteiger partial charge is 0.313 e. The lowest BCUT2D eigenvalue weighted by Gasteiger charge is -2.05. The lowest BCUT2D eigenvalue weighted by Crippen LogP contribution is -2.26. The molecule has 0 atom stereocenters. The molecule has 1 amide bonds. The monoisotopic (exact) mass is 291 g/mol. The average molecular weight is 292 g/mol. The van der Waals surface area contributed by atoms with Gasteiger partial charge < -0.3 is 10.4 Å². The number of carboxylic acid groups (broad SMARTS) is 1. The zero-order chi connectivity index (χ0) is 13.5. The number of aliphatic carboxylic acids is 1. The van der Waals surface area contributed by atoms with Crippen LogP contribution in [0, 0.1) is 5.82 Å². The molecule has 0 aliphatic heterocycles. The lowest BCUT2D eigenvalue weighted by atomic mass is 10.2. The van der Waals surface area contributed by atoms with Gasteiger partial charge in [0.2, 0.25) is 0 Å². The number of carbonyl (C=O) groups excluding carboxylic acids is 1. The predicted molar refractivity (Wildman–Crippen MR) is 68.7 cm³/mol. The first-order chi connectivity index (χ1) is 8.50. The van der Waals surface area contributed by atoms with E-state index in [1.807, 2.05) is 0 Å². The SMILES string of the molecule is O=C(O)CSCCNC(=O)c1ccc(Cl)cc1F. The van der Waals surface area contributed by atoms with E-state index in [-0.39, 0.29) is 22.9 Å². The number of carboxylic acids is 1. The van der Waals surface area contributed by atoms with Crippen molar-refractivity contribution in [2.75, 3.05) is 18.1 Å². The Hall–Kier alpha value is -1.27. The van der Waals surface area contributed by atoms with Crippen molar-refractivity contribution in [1.29, 1.82) is 0 Å². The van der Waals surface area contributed by atoms with Gasteiger partial charge in [0.1, 0.15) is 5.82 Å². The Balaban J connectivity index is 2.39. The fraction of sp³-hybridized carbons (Fsp3) is 0.273. The second-order valence-corrected chi connectivity index (χ2v) is 4.87. The number of hydrogen-bond donors (Lipinski definition) is 2. The number of benzene rings is 1. The van der Waals surface area contributed by atoms with Crippen LogP contribution >= 0.6 is 23.4 Å². The van der Waals surface area contributed by atoms with Crippen LogP contribution in [0.3, 0.4) is 0 Å². The van der Waals surface area contributed by atoms with Crippen molar-refractivity contribution < 1.29 is 19.1 Å². The van der Waals surface area contributed by atoms with Crippen LogP contribution in [0.2, 0.25) is 5.02 Å². The summed E-state index contributed by atoms with van der Waals surface area (Å²) in [6.45, 7) is 0.277. The predicted octanol–water partition coefficient (Wildman–Crippen LogP) is 2.03. The van der Waals surface area contributed by atoms with Crippen LogP contribution in [0.25, 0.3) is 0 Å². The molecule has 7 heteroatoms. The van der Waals surface area contributed by atoms with Crippen LogP contribution < -0.4 is 5.32 Å². The molecule has 0 aliphatic rings. The van der Waals surface area contributed by atoms with Gasteiger partial charge in [-0.2, -0.15) is 0 Å². The van der Waals surface area contributed by atoms with Gasteiger partial charge in [0.25, 0.3) is 5.91 Å². The quantitative estimate of drug-likeness (QED) is 0.787. The first-order valence-corrected chi connectivity index (χ1v) is 6.56. The molecule has 18 heavy (non-hydrogen) atoms. The van der Waals surface area contributed by atoms with Gasteiger partial charge in [-0.25, -0.2) is 4.39 Å². The van der Waals surface area contributed by atoms with Crippen molar-refractivity contribution in [2.24, 2.45) is 0 Å². The molecule has 0 radical (unpaired) electrons. The molecule has 0 saturated heterocycles. The number of halogens is 2. The number of hydrogen-bond acceptors (Lipinski definition) is 3. The maximum absolute atomic E-state index is 13.4. The second kappa shape index (κ2) is 7.23. The number of thioether (sulfide) groups is 1. The van der Waals surface area contributed by atoms with E-state index in [0.29, 0.717) is 5.75 Å². The zero-order valence-electron chi connectivity index (χ0n) is 9.28. The van der Waals surface area contributed by atoms with Crippen LogP contribution in [0.1, 0.15) is 10.4 Å². The van der Waals surface area contributed by atoms with Gasteiger partial charge in [-0.1, -0.05) is 11.6 Å². The maximum Gasteiger partial charge on any atom is 0.313 e. The van der Waals surface area contributed by atoms with E-state index in [2.05, 4.69) is 5.32 Å². The normalized spacial score (nSPS) is 10.1. The summed E-state index contributed by atoms with van der Waals surface area (Å²) in [4.78, 5) is 21.8. The highest BCUT2D eigenvalue weighted by Crippen LogP contribution is 2.14. The largest absolute Gasteiger partial charge is 0.481 e. The molecule has 0 heterocycles. The van der Waals surface area contributed by atoms with Gasteiger partial charge in [0.15, 0.2) is 0 Å². The third-order valence-corrected chi connectivity index (χ3v) is 3.11. The van der Waals surface area contributed by atoms with Crippen LogP contribution in [0.5, 0.6) is 0 Å². The van der Waals surface area contributed by atoms with Crippen LogP contribution in [0.15, 0.2) is 18.2 Å². The van der Waals surface area contributed by atoms with Gasteiger partial charge in [-0.3, -0.25) is 9.59 Å². The highest BCUT2D eigenvalue weighted by atomic mass is 35.5. The van der Waals surface area contributed by atoms with E-state index >= 15 is 0 Å². The van der Waals surface area contributed by atoms with Crippen molar-refractivity contribution in [1.82, 2.24) is 5.32 Å². The molecule has 0 spiro atoms. The van der Waals surface area contributed by atoms with Gasteiger partial charge in [0, 0.05) is 17.3 Å². The van der Waals surface area contributed by atoms with Crippen molar-refractivity contribution in [3.63, 3.8) is 0 Å². The molecule has 0 fully saturated rings. The Morgan fingerprint density at radius 1 is 1.44 bits per heavy atom. The molecule has 0 bridgehead atoms. The molecule has 0 saturated carbocycles. The van der Waals surface area contributed by atoms with Crippen molar-refractivity contribution in [3.05, 3.63) is 34.6 Å². The summed E-state index contributed by atoms with van der Waals surface area (Å²) in [7, 11) is 0. The summed E-state index contributed by atoms with van der Waals surface area (Å²) in [6.07, 6.45) is 0. The Morgan fingerprint density at radius 3 is 2.78 bits per heavy atom. The summed E-state index contributed by atoms with van der Waals surface area (Å²) in [5.74, 6) is -1.70. The van der Waals surface area contributed by atoms with E-state index in [1.54, 1.807) is 0 Å². The van der Waals surface area contributed by atoms with E-state index in [0.717, 1.165) is 6.07 Å². The number of rotatable bonds is 6. The average Bonchev–Trinajstić information content (AvgIpc) is 2.27. The maximum atomic E-state index is 13.4. The van der Waals surface area contributed by atoms with E-state index in [9.17, 15) is 14.0 Å². The Kier molecular flexibility index (Phi) is 5.94. The molecule has 98 valence electrons. The van der Waals surface area contributed by atoms with Crippen LogP contribution in [-0.4, -0.2) is 35.0 Å². The van der Waals surface area contributed by atoms with Gasteiger partial charge in [-0.05, 0) is 18.2 Å². The minimum Gasteiger partial charge on any atom is -0.481 e. The minimum atomic E-state index is -0.907. The molecule has 0 aliphatic carbocycles. The fourth-order valence-electron chi connectivity index (χ4n) is 1.17. The standard InChI is InChI=1S/C11H11ClFNO3S/c12-7-1-2-8(9(13)5-7)11(17)14-3-4-18-6-10(15)16/h1-2,5H,3-4,6H2,(H,14,17)(H,15,16). The highest BCUT2D eigenvalue weighted by Gasteiger charge is 2.11. The molecule has 4 nitrogen and oxygen atoms in total. The Labute approximate surface area is 113 Å². The summed E-state index contributed by atoms with van der Waals surface area (Å²) >= 11 is 6.74. The molecule has 0 unspecified atom stereocenters. The molecular weight excluding hydrogens is 281 g/mol. The van der Waals surface area contributed by atoms with Gasteiger partial charge >= 0.3 is 5.97 Å². The minimum absolute atomic E-state index is 0.0226. The molecule has 2 N–H and O–H groups in total. The van der Waals surface area contributed by atoms with Crippen LogP contribution in [0.4, 0.5) is 4.39 Å². The van der Waals surface area contributed by atoms with Gasteiger partial charge in [-0.15, -0.1) is 11.8 Å². The zero-order valence-corrected chi connectivity index (χ0v) is 10.9. The summed E-state index contributed by atoms with van der Waals surface area (Å²) in [5.41, 5.74) is -0.0809. The van der Waals surface area contributed by atoms with Gasteiger partial charge in [0.05, 0.1) is 11.3 Å². The molecule has 1 aromatic rings. The second-order valence-electron chi connectivity index (χ2n) is 3.33. The van der Waals surface area contributed by atoms with Crippen molar-refractivity contribution >= 4 is 35.2 Å². The third-order valence-electron chi connectivity index (χ3n) is 1.93.